The van der Waals surface area contributed by atoms with Crippen LogP contribution in [0, 0.1) is 0 Å². The fraction of sp³-hybridized carbons (Fsp3) is 0.133. The number of halogens is 1. The number of hydrogen-bond acceptors (Lipinski definition) is 4. The van der Waals surface area contributed by atoms with Gasteiger partial charge in [0, 0.05) is 22.9 Å². The second-order valence-electron chi connectivity index (χ2n) is 4.27. The summed E-state index contributed by atoms with van der Waals surface area (Å²) >= 11 is 5.93. The molecule has 0 aliphatic carbocycles. The summed E-state index contributed by atoms with van der Waals surface area (Å²) in [5.74, 6) is -1.54. The van der Waals surface area contributed by atoms with Crippen LogP contribution in [0.25, 0.3) is 11.8 Å². The second-order valence-corrected chi connectivity index (χ2v) is 4.71. The van der Waals surface area contributed by atoms with E-state index < -0.39 is 11.9 Å². The normalized spacial score (nSPS) is 10.8. The van der Waals surface area contributed by atoms with Crippen molar-refractivity contribution in [3.05, 3.63) is 52.8 Å². The molecular formula is C15H13ClN2O4. The average molecular weight is 321 g/mol. The molecule has 2 aromatic rings. The lowest BCUT2D eigenvalue weighted by Crippen LogP contribution is -2.03. The molecule has 0 aliphatic rings. The topological polar surface area (TPSA) is 81.4 Å². The van der Waals surface area contributed by atoms with Crippen LogP contribution in [0.1, 0.15) is 22.8 Å². The Balaban J connectivity index is 2.40. The van der Waals surface area contributed by atoms with Crippen LogP contribution in [0.3, 0.4) is 0 Å². The maximum absolute atomic E-state index is 11.7. The van der Waals surface area contributed by atoms with Gasteiger partial charge in [-0.2, -0.15) is 5.10 Å². The average Bonchev–Trinajstić information content (AvgIpc) is 2.95. The number of esters is 1. The predicted octanol–water partition coefficient (Wildman–Crippen LogP) is 2.80. The van der Waals surface area contributed by atoms with Crippen molar-refractivity contribution in [3.63, 3.8) is 0 Å². The zero-order valence-electron chi connectivity index (χ0n) is 11.7. The van der Waals surface area contributed by atoms with E-state index in [1.54, 1.807) is 25.1 Å². The van der Waals surface area contributed by atoms with Gasteiger partial charge in [0.25, 0.3) is 0 Å². The van der Waals surface area contributed by atoms with Crippen molar-refractivity contribution >= 4 is 29.6 Å². The molecule has 1 aromatic carbocycles. The molecule has 1 N–H and O–H groups in total. The highest BCUT2D eigenvalue weighted by atomic mass is 35.5. The van der Waals surface area contributed by atoms with Crippen molar-refractivity contribution in [2.75, 3.05) is 6.61 Å². The number of aliphatic carboxylic acids is 1. The Hall–Kier alpha value is -2.60. The zero-order valence-corrected chi connectivity index (χ0v) is 12.4. The molecule has 1 heterocycles. The highest BCUT2D eigenvalue weighted by molar-refractivity contribution is 6.30. The Kier molecular flexibility index (Phi) is 4.95. The van der Waals surface area contributed by atoms with E-state index in [4.69, 9.17) is 21.4 Å². The summed E-state index contributed by atoms with van der Waals surface area (Å²) < 4.78 is 6.36. The van der Waals surface area contributed by atoms with E-state index in [0.717, 1.165) is 6.08 Å². The SMILES string of the molecule is CCOC(=O)c1cnn(-c2ccc(Cl)cc2C=CC(=O)O)c1. The standard InChI is InChI=1S/C15H13ClN2O4/c1-2-22-15(21)11-8-17-18(9-11)13-5-4-12(16)7-10(13)3-6-14(19)20/h3-9H,2H2,1H3,(H,19,20). The van der Waals surface area contributed by atoms with Gasteiger partial charge in [0.1, 0.15) is 0 Å². The molecule has 0 amide bonds. The number of ether oxygens (including phenoxy) is 1. The lowest BCUT2D eigenvalue weighted by atomic mass is 10.1. The lowest BCUT2D eigenvalue weighted by Gasteiger charge is -2.06. The molecule has 0 saturated carbocycles. The number of carboxylic acids is 1. The molecule has 0 saturated heterocycles. The molecule has 114 valence electrons. The van der Waals surface area contributed by atoms with E-state index in [-0.39, 0.29) is 6.61 Å². The number of nitrogens with zero attached hydrogens (tertiary/aromatic N) is 2. The molecule has 0 radical (unpaired) electrons. The van der Waals surface area contributed by atoms with Gasteiger partial charge in [0.2, 0.25) is 0 Å². The van der Waals surface area contributed by atoms with Crippen molar-refractivity contribution in [1.29, 1.82) is 0 Å². The van der Waals surface area contributed by atoms with Crippen molar-refractivity contribution in [3.8, 4) is 5.69 Å². The van der Waals surface area contributed by atoms with Gasteiger partial charge in [0.05, 0.1) is 24.1 Å². The first-order chi connectivity index (χ1) is 10.5. The second kappa shape index (κ2) is 6.91. The molecule has 0 spiro atoms. The minimum atomic E-state index is -1.07. The molecular weight excluding hydrogens is 308 g/mol. The molecule has 0 aliphatic heterocycles. The first-order valence-corrected chi connectivity index (χ1v) is 6.81. The van der Waals surface area contributed by atoms with Crippen LogP contribution < -0.4 is 0 Å². The largest absolute Gasteiger partial charge is 0.478 e. The number of carbonyl (C=O) groups excluding carboxylic acids is 1. The Morgan fingerprint density at radius 3 is 2.91 bits per heavy atom. The molecule has 0 atom stereocenters. The predicted molar refractivity (Wildman–Crippen MR) is 81.2 cm³/mol. The molecule has 2 rings (SSSR count). The summed E-state index contributed by atoms with van der Waals surface area (Å²) in [6.07, 6.45) is 5.32. The molecule has 0 fully saturated rings. The third kappa shape index (κ3) is 3.73. The molecule has 0 unspecified atom stereocenters. The van der Waals surface area contributed by atoms with Crippen LogP contribution in [-0.2, 0) is 9.53 Å². The van der Waals surface area contributed by atoms with E-state index in [0.29, 0.717) is 21.8 Å². The van der Waals surface area contributed by atoms with Crippen molar-refractivity contribution in [2.24, 2.45) is 0 Å². The quantitative estimate of drug-likeness (QED) is 0.676. The summed E-state index contributed by atoms with van der Waals surface area (Å²) in [6, 6.07) is 4.95. The van der Waals surface area contributed by atoms with E-state index in [1.165, 1.54) is 23.2 Å². The summed E-state index contributed by atoms with van der Waals surface area (Å²) in [5.41, 5.74) is 1.47. The van der Waals surface area contributed by atoms with Gasteiger partial charge in [-0.15, -0.1) is 0 Å². The van der Waals surface area contributed by atoms with Crippen LogP contribution in [0.4, 0.5) is 0 Å². The Morgan fingerprint density at radius 1 is 1.45 bits per heavy atom. The molecule has 0 bridgehead atoms. The van der Waals surface area contributed by atoms with Crippen LogP contribution in [0.5, 0.6) is 0 Å². The number of benzene rings is 1. The van der Waals surface area contributed by atoms with Crippen LogP contribution >= 0.6 is 11.6 Å². The van der Waals surface area contributed by atoms with Gasteiger partial charge >= 0.3 is 11.9 Å². The van der Waals surface area contributed by atoms with Crippen molar-refractivity contribution in [2.45, 2.75) is 6.92 Å². The number of carbonyl (C=O) groups is 2. The van der Waals surface area contributed by atoms with Gasteiger partial charge in [-0.3, -0.25) is 0 Å². The highest BCUT2D eigenvalue weighted by Crippen LogP contribution is 2.21. The Labute approximate surface area is 131 Å². The lowest BCUT2D eigenvalue weighted by molar-refractivity contribution is -0.131. The van der Waals surface area contributed by atoms with Crippen molar-refractivity contribution in [1.82, 2.24) is 9.78 Å². The maximum Gasteiger partial charge on any atom is 0.341 e. The maximum atomic E-state index is 11.7. The molecule has 7 heteroatoms. The first kappa shape index (κ1) is 15.8. The summed E-state index contributed by atoms with van der Waals surface area (Å²) in [7, 11) is 0. The first-order valence-electron chi connectivity index (χ1n) is 6.44. The molecule has 1 aromatic heterocycles. The summed E-state index contributed by atoms with van der Waals surface area (Å²) in [6.45, 7) is 1.99. The summed E-state index contributed by atoms with van der Waals surface area (Å²) in [5, 5.41) is 13.3. The minimum absolute atomic E-state index is 0.275. The monoisotopic (exact) mass is 320 g/mol. The smallest absolute Gasteiger partial charge is 0.341 e. The van der Waals surface area contributed by atoms with E-state index in [9.17, 15) is 9.59 Å². The fourth-order valence-corrected chi connectivity index (χ4v) is 1.98. The minimum Gasteiger partial charge on any atom is -0.478 e. The van der Waals surface area contributed by atoms with Crippen LogP contribution in [0.2, 0.25) is 5.02 Å². The van der Waals surface area contributed by atoms with Crippen LogP contribution in [0.15, 0.2) is 36.7 Å². The number of rotatable bonds is 5. The van der Waals surface area contributed by atoms with E-state index >= 15 is 0 Å². The zero-order chi connectivity index (χ0) is 16.1. The van der Waals surface area contributed by atoms with E-state index in [1.807, 2.05) is 0 Å². The van der Waals surface area contributed by atoms with Gasteiger partial charge in [-0.1, -0.05) is 11.6 Å². The molecule has 6 nitrogen and oxygen atoms in total. The number of aromatic nitrogens is 2. The van der Waals surface area contributed by atoms with Crippen molar-refractivity contribution < 1.29 is 19.4 Å². The Bertz CT molecular complexity index is 737. The van der Waals surface area contributed by atoms with Gasteiger partial charge in [-0.05, 0) is 31.2 Å². The van der Waals surface area contributed by atoms with E-state index in [2.05, 4.69) is 5.10 Å². The summed E-state index contributed by atoms with van der Waals surface area (Å²) in [4.78, 5) is 22.3. The number of hydrogen-bond donors (Lipinski definition) is 1. The Morgan fingerprint density at radius 2 is 2.23 bits per heavy atom. The van der Waals surface area contributed by atoms with Gasteiger partial charge in [0.15, 0.2) is 0 Å². The number of carboxylic acid groups (broad SMARTS) is 1. The third-order valence-corrected chi connectivity index (χ3v) is 2.97. The third-order valence-electron chi connectivity index (χ3n) is 2.74. The highest BCUT2D eigenvalue weighted by Gasteiger charge is 2.12. The van der Waals surface area contributed by atoms with Gasteiger partial charge in [-0.25, -0.2) is 14.3 Å². The fourth-order valence-electron chi connectivity index (χ4n) is 1.80. The molecule has 22 heavy (non-hydrogen) atoms. The van der Waals surface area contributed by atoms with Crippen LogP contribution in [-0.4, -0.2) is 33.4 Å². The van der Waals surface area contributed by atoms with Gasteiger partial charge < -0.3 is 9.84 Å².